The van der Waals surface area contributed by atoms with E-state index in [9.17, 15) is 13.2 Å². The Morgan fingerprint density at radius 1 is 1.35 bits per heavy atom. The van der Waals surface area contributed by atoms with Gasteiger partial charge in [-0.25, -0.2) is 0 Å². The van der Waals surface area contributed by atoms with Crippen molar-refractivity contribution < 1.29 is 13.2 Å². The third-order valence-corrected chi connectivity index (χ3v) is 4.30. The summed E-state index contributed by atoms with van der Waals surface area (Å²) in [5.41, 5.74) is -0.330. The fraction of sp³-hybridized carbons (Fsp3) is 0.500. The molecule has 20 heavy (non-hydrogen) atoms. The minimum Gasteiger partial charge on any atom is -0.361 e. The van der Waals surface area contributed by atoms with Crippen LogP contribution in [0.15, 0.2) is 29.3 Å². The van der Waals surface area contributed by atoms with Gasteiger partial charge < -0.3 is 5.32 Å². The minimum atomic E-state index is -4.31. The Morgan fingerprint density at radius 3 is 2.80 bits per heavy atom. The van der Waals surface area contributed by atoms with Crippen molar-refractivity contribution in [3.8, 4) is 0 Å². The Labute approximate surface area is 120 Å². The Hall–Kier alpha value is -1.17. The lowest BCUT2D eigenvalue weighted by Gasteiger charge is -2.13. The molecule has 0 radical (unpaired) electrons. The largest absolute Gasteiger partial charge is 0.416 e. The molecule has 0 fully saturated rings. The van der Waals surface area contributed by atoms with Crippen LogP contribution < -0.4 is 5.32 Å². The summed E-state index contributed by atoms with van der Waals surface area (Å²) in [4.78, 5) is 4.33. The summed E-state index contributed by atoms with van der Waals surface area (Å²) in [5.74, 6) is 0. The van der Waals surface area contributed by atoms with Gasteiger partial charge in [-0.05, 0) is 18.1 Å². The van der Waals surface area contributed by atoms with E-state index in [1.165, 1.54) is 12.1 Å². The molecule has 0 bridgehead atoms. The highest BCUT2D eigenvalue weighted by atomic mass is 32.2. The molecule has 0 spiro atoms. The van der Waals surface area contributed by atoms with E-state index in [2.05, 4.69) is 17.2 Å². The molecule has 2 nitrogen and oxygen atoms in total. The van der Waals surface area contributed by atoms with E-state index >= 15 is 0 Å². The number of nitrogens with zero attached hydrogens (tertiary/aromatic N) is 1. The molecule has 2 rings (SSSR count). The highest BCUT2D eigenvalue weighted by molar-refractivity contribution is 8.14. The summed E-state index contributed by atoms with van der Waals surface area (Å²) >= 11 is 1.63. The molecule has 1 atom stereocenters. The lowest BCUT2D eigenvalue weighted by molar-refractivity contribution is -0.138. The maximum atomic E-state index is 12.8. The van der Waals surface area contributed by atoms with E-state index in [-0.39, 0.29) is 12.1 Å². The van der Waals surface area contributed by atoms with E-state index in [1.807, 2.05) is 0 Å². The molecule has 6 heteroatoms. The van der Waals surface area contributed by atoms with Crippen LogP contribution in [0.5, 0.6) is 0 Å². The van der Waals surface area contributed by atoms with Crippen molar-refractivity contribution in [1.29, 1.82) is 0 Å². The second-order valence-electron chi connectivity index (χ2n) is 4.68. The topological polar surface area (TPSA) is 24.4 Å². The maximum absolute atomic E-state index is 12.8. The first kappa shape index (κ1) is 15.2. The number of amidine groups is 1. The van der Waals surface area contributed by atoms with Gasteiger partial charge in [-0.3, -0.25) is 4.99 Å². The summed E-state index contributed by atoms with van der Waals surface area (Å²) in [6.07, 6.45) is -2.14. The zero-order valence-corrected chi connectivity index (χ0v) is 12.0. The second-order valence-corrected chi connectivity index (χ2v) is 5.97. The molecule has 1 aliphatic heterocycles. The van der Waals surface area contributed by atoms with Gasteiger partial charge >= 0.3 is 6.18 Å². The van der Waals surface area contributed by atoms with E-state index < -0.39 is 11.7 Å². The van der Waals surface area contributed by atoms with Crippen molar-refractivity contribution in [2.75, 3.05) is 6.54 Å². The van der Waals surface area contributed by atoms with E-state index in [0.717, 1.165) is 30.6 Å². The number of alkyl halides is 3. The van der Waals surface area contributed by atoms with Gasteiger partial charge in [0.1, 0.15) is 0 Å². The van der Waals surface area contributed by atoms with Crippen molar-refractivity contribution >= 4 is 16.9 Å². The highest BCUT2D eigenvalue weighted by Gasteiger charge is 2.32. The summed E-state index contributed by atoms with van der Waals surface area (Å²) < 4.78 is 38.5. The van der Waals surface area contributed by atoms with Crippen molar-refractivity contribution in [3.63, 3.8) is 0 Å². The van der Waals surface area contributed by atoms with Gasteiger partial charge in [0.25, 0.3) is 0 Å². The number of aliphatic imine (C=N–C) groups is 1. The summed E-state index contributed by atoms with van der Waals surface area (Å²) in [7, 11) is 0. The number of halogens is 3. The highest BCUT2D eigenvalue weighted by Crippen LogP contribution is 2.32. The van der Waals surface area contributed by atoms with Crippen LogP contribution in [0.25, 0.3) is 0 Å². The average Bonchev–Trinajstić information content (AvgIpc) is 2.84. The minimum absolute atomic E-state index is 0.153. The normalized spacial score (nSPS) is 19.0. The zero-order valence-electron chi connectivity index (χ0n) is 11.2. The molecule has 1 aliphatic rings. The van der Waals surface area contributed by atoms with Gasteiger partial charge in [-0.2, -0.15) is 13.2 Å². The zero-order chi connectivity index (χ0) is 14.6. The molecule has 0 aromatic heterocycles. The van der Waals surface area contributed by atoms with Crippen molar-refractivity contribution in [2.24, 2.45) is 4.99 Å². The van der Waals surface area contributed by atoms with Gasteiger partial charge in [0.05, 0.1) is 12.1 Å². The predicted octanol–water partition coefficient (Wildman–Crippen LogP) is 4.07. The molecule has 0 aliphatic carbocycles. The third-order valence-electron chi connectivity index (χ3n) is 3.08. The van der Waals surface area contributed by atoms with Gasteiger partial charge in [-0.1, -0.05) is 43.3 Å². The average molecular weight is 302 g/mol. The monoisotopic (exact) mass is 302 g/mol. The fourth-order valence-electron chi connectivity index (χ4n) is 2.11. The lowest BCUT2D eigenvalue weighted by Crippen LogP contribution is -2.21. The van der Waals surface area contributed by atoms with Crippen LogP contribution in [0.2, 0.25) is 0 Å². The summed E-state index contributed by atoms with van der Waals surface area (Å²) in [6, 6.07) is 5.64. The predicted molar refractivity (Wildman–Crippen MR) is 76.9 cm³/mol. The van der Waals surface area contributed by atoms with Crippen LogP contribution in [-0.4, -0.2) is 17.0 Å². The molecule has 1 N–H and O–H groups in total. The number of benzene rings is 1. The van der Waals surface area contributed by atoms with Crippen LogP contribution in [0.1, 0.15) is 30.9 Å². The molecule has 0 saturated carbocycles. The Bertz CT molecular complexity index is 486. The molecule has 1 aromatic rings. The quantitative estimate of drug-likeness (QED) is 0.907. The summed E-state index contributed by atoms with van der Waals surface area (Å²) in [6.45, 7) is 3.02. The van der Waals surface area contributed by atoms with Crippen LogP contribution in [0, 0.1) is 0 Å². The smallest absolute Gasteiger partial charge is 0.361 e. The van der Waals surface area contributed by atoms with Crippen LogP contribution in [0.4, 0.5) is 13.2 Å². The Kier molecular flexibility index (Phi) is 4.96. The standard InChI is InChI=1S/C14H17F3N2S/c1-2-5-11-9-19-13(20-11)18-8-10-6-3-4-7-12(10)14(15,16)17/h3-4,6-7,11H,2,5,8-9H2,1H3,(H,18,19). The molecular formula is C14H17F3N2S. The van der Waals surface area contributed by atoms with Gasteiger partial charge in [-0.15, -0.1) is 0 Å². The fourth-order valence-corrected chi connectivity index (χ4v) is 3.23. The maximum Gasteiger partial charge on any atom is 0.416 e. The Morgan fingerprint density at radius 2 is 2.10 bits per heavy atom. The molecule has 110 valence electrons. The lowest BCUT2D eigenvalue weighted by atomic mass is 10.1. The number of hydrogen-bond donors (Lipinski definition) is 1. The molecule has 1 aromatic carbocycles. The second kappa shape index (κ2) is 6.52. The third kappa shape index (κ3) is 3.91. The van der Waals surface area contributed by atoms with Gasteiger partial charge in [0, 0.05) is 11.8 Å². The Balaban J connectivity index is 1.96. The first-order valence-electron chi connectivity index (χ1n) is 6.60. The van der Waals surface area contributed by atoms with Gasteiger partial charge in [0.2, 0.25) is 0 Å². The first-order chi connectivity index (χ1) is 9.50. The van der Waals surface area contributed by atoms with E-state index in [0.29, 0.717) is 5.25 Å². The van der Waals surface area contributed by atoms with Gasteiger partial charge in [0.15, 0.2) is 5.17 Å². The molecule has 0 saturated heterocycles. The molecule has 0 amide bonds. The van der Waals surface area contributed by atoms with Crippen molar-refractivity contribution in [3.05, 3.63) is 35.4 Å². The van der Waals surface area contributed by atoms with Crippen LogP contribution >= 0.6 is 11.8 Å². The van der Waals surface area contributed by atoms with Crippen LogP contribution in [-0.2, 0) is 12.7 Å². The first-order valence-corrected chi connectivity index (χ1v) is 7.48. The van der Waals surface area contributed by atoms with E-state index in [1.54, 1.807) is 17.8 Å². The van der Waals surface area contributed by atoms with E-state index in [4.69, 9.17) is 0 Å². The van der Waals surface area contributed by atoms with Crippen molar-refractivity contribution in [2.45, 2.75) is 37.7 Å². The molecule has 1 unspecified atom stereocenters. The molecule has 1 heterocycles. The number of thioether (sulfide) groups is 1. The van der Waals surface area contributed by atoms with Crippen LogP contribution in [0.3, 0.4) is 0 Å². The number of hydrogen-bond acceptors (Lipinski definition) is 3. The number of rotatable bonds is 4. The van der Waals surface area contributed by atoms with Crippen molar-refractivity contribution in [1.82, 2.24) is 5.32 Å². The molecular weight excluding hydrogens is 285 g/mol. The number of nitrogens with one attached hydrogen (secondary N) is 1. The summed E-state index contributed by atoms with van der Waals surface area (Å²) in [5, 5.41) is 4.22. The SMILES string of the molecule is CCCC1CN=C(NCc2ccccc2C(F)(F)F)S1.